The van der Waals surface area contributed by atoms with E-state index < -0.39 is 0 Å². The van der Waals surface area contributed by atoms with E-state index in [0.717, 1.165) is 50.3 Å². The molecule has 2 aliphatic carbocycles. The van der Waals surface area contributed by atoms with Crippen LogP contribution in [-0.2, 0) is 16.0 Å². The fourth-order valence-corrected chi connectivity index (χ4v) is 3.41. The van der Waals surface area contributed by atoms with Gasteiger partial charge in [-0.1, -0.05) is 0 Å². The summed E-state index contributed by atoms with van der Waals surface area (Å²) in [4.78, 5) is 12.6. The number of aromatic nitrogens is 4. The van der Waals surface area contributed by atoms with Gasteiger partial charge >= 0.3 is 5.97 Å². The van der Waals surface area contributed by atoms with Gasteiger partial charge in [-0.05, 0) is 51.4 Å². The molecule has 0 amide bonds. The van der Waals surface area contributed by atoms with Crippen LogP contribution in [0.15, 0.2) is 18.6 Å². The molecule has 0 aromatic carbocycles. The van der Waals surface area contributed by atoms with E-state index in [4.69, 9.17) is 9.47 Å². The van der Waals surface area contributed by atoms with Gasteiger partial charge in [0.2, 0.25) is 0 Å². The number of carbonyl (C=O) groups is 1. The molecule has 0 spiro atoms. The highest BCUT2D eigenvalue weighted by Gasteiger charge is 2.28. The molecule has 0 bridgehead atoms. The van der Waals surface area contributed by atoms with E-state index in [2.05, 4.69) is 15.3 Å². The second-order valence-electron chi connectivity index (χ2n) is 7.32. The van der Waals surface area contributed by atoms with Crippen molar-refractivity contribution in [3.8, 4) is 11.3 Å². The van der Waals surface area contributed by atoms with Crippen molar-refractivity contribution in [2.24, 2.45) is 5.92 Å². The Labute approximate surface area is 153 Å². The minimum atomic E-state index is -0.319. The number of hydrogen-bond donors (Lipinski definition) is 1. The Morgan fingerprint density at radius 1 is 1.19 bits per heavy atom. The Morgan fingerprint density at radius 2 is 1.96 bits per heavy atom. The number of carbonyl (C=O) groups excluding carboxylic acids is 1. The van der Waals surface area contributed by atoms with Crippen molar-refractivity contribution < 1.29 is 14.3 Å². The Kier molecular flexibility index (Phi) is 5.06. The summed E-state index contributed by atoms with van der Waals surface area (Å²) in [6.07, 6.45) is 11.7. The summed E-state index contributed by atoms with van der Waals surface area (Å²) in [5.41, 5.74) is 1.97. The minimum absolute atomic E-state index is 0.0376. The summed E-state index contributed by atoms with van der Waals surface area (Å²) in [5.74, 6) is 0.475. The zero-order valence-corrected chi connectivity index (χ0v) is 15.2. The molecule has 2 aromatic rings. The molecule has 0 radical (unpaired) electrons. The van der Waals surface area contributed by atoms with Crippen molar-refractivity contribution in [1.82, 2.24) is 20.0 Å². The van der Waals surface area contributed by atoms with E-state index in [-0.39, 0.29) is 12.1 Å². The van der Waals surface area contributed by atoms with Crippen LogP contribution in [0, 0.1) is 5.92 Å². The lowest BCUT2D eigenvalue weighted by Crippen LogP contribution is -2.28. The van der Waals surface area contributed by atoms with Gasteiger partial charge in [0.05, 0.1) is 24.2 Å². The standard InChI is InChI=1S/C19H26N4O3/c1-2-23-11-14(9-21-23)18-17(10-20-22-18)19(24)26-16-7-5-15(6-8-16)25-12-13-3-4-13/h9-11,13,15-16H,2-8,12H2,1H3,(H,20,22). The predicted octanol–water partition coefficient (Wildman–Crippen LogP) is 3.19. The second kappa shape index (κ2) is 7.61. The SMILES string of the molecule is CCn1cc(-c2[nH]ncc2C(=O)OC2CCC(OCC3CC3)CC2)cn1. The number of aromatic amines is 1. The topological polar surface area (TPSA) is 82.0 Å². The molecule has 2 heterocycles. The molecule has 2 saturated carbocycles. The summed E-state index contributed by atoms with van der Waals surface area (Å²) in [6.45, 7) is 3.70. The van der Waals surface area contributed by atoms with E-state index in [1.807, 2.05) is 17.8 Å². The normalized spacial score (nSPS) is 23.1. The highest BCUT2D eigenvalue weighted by Crippen LogP contribution is 2.31. The molecule has 4 rings (SSSR count). The molecular formula is C19H26N4O3. The van der Waals surface area contributed by atoms with Gasteiger partial charge in [0.1, 0.15) is 11.7 Å². The molecular weight excluding hydrogens is 332 g/mol. The van der Waals surface area contributed by atoms with E-state index in [0.29, 0.717) is 17.4 Å². The van der Waals surface area contributed by atoms with Crippen LogP contribution in [0.2, 0.25) is 0 Å². The molecule has 7 nitrogen and oxygen atoms in total. The average molecular weight is 358 g/mol. The first kappa shape index (κ1) is 17.3. The summed E-state index contributed by atoms with van der Waals surface area (Å²) >= 11 is 0. The quantitative estimate of drug-likeness (QED) is 0.769. The van der Waals surface area contributed by atoms with Crippen LogP contribution in [0.1, 0.15) is 55.8 Å². The predicted molar refractivity (Wildman–Crippen MR) is 95.6 cm³/mol. The van der Waals surface area contributed by atoms with Crippen LogP contribution in [0.3, 0.4) is 0 Å². The molecule has 0 saturated heterocycles. The van der Waals surface area contributed by atoms with E-state index in [9.17, 15) is 4.79 Å². The van der Waals surface area contributed by atoms with Crippen LogP contribution in [0.4, 0.5) is 0 Å². The van der Waals surface area contributed by atoms with Crippen LogP contribution in [0.5, 0.6) is 0 Å². The van der Waals surface area contributed by atoms with Gasteiger partial charge in [0.15, 0.2) is 0 Å². The highest BCUT2D eigenvalue weighted by molar-refractivity contribution is 5.95. The third-order valence-electron chi connectivity index (χ3n) is 5.26. The van der Waals surface area contributed by atoms with Gasteiger partial charge in [-0.25, -0.2) is 4.79 Å². The molecule has 26 heavy (non-hydrogen) atoms. The third-order valence-corrected chi connectivity index (χ3v) is 5.26. The van der Waals surface area contributed by atoms with Crippen LogP contribution in [-0.4, -0.2) is 44.8 Å². The van der Waals surface area contributed by atoms with Crippen molar-refractivity contribution in [3.05, 3.63) is 24.2 Å². The van der Waals surface area contributed by atoms with Gasteiger partial charge in [-0.15, -0.1) is 0 Å². The fraction of sp³-hybridized carbons (Fsp3) is 0.632. The smallest absolute Gasteiger partial charge is 0.342 e. The zero-order chi connectivity index (χ0) is 17.9. The number of rotatable bonds is 7. The van der Waals surface area contributed by atoms with Crippen molar-refractivity contribution in [1.29, 1.82) is 0 Å². The molecule has 0 unspecified atom stereocenters. The lowest BCUT2D eigenvalue weighted by molar-refractivity contribution is -0.0222. The third kappa shape index (κ3) is 3.98. The van der Waals surface area contributed by atoms with E-state index in [1.165, 1.54) is 19.0 Å². The number of nitrogens with zero attached hydrogens (tertiary/aromatic N) is 3. The number of esters is 1. The van der Waals surface area contributed by atoms with Crippen molar-refractivity contribution in [2.45, 2.75) is 64.2 Å². The lowest BCUT2D eigenvalue weighted by Gasteiger charge is -2.28. The van der Waals surface area contributed by atoms with E-state index >= 15 is 0 Å². The Balaban J connectivity index is 1.32. The van der Waals surface area contributed by atoms with Crippen LogP contribution >= 0.6 is 0 Å². The number of aryl methyl sites for hydroxylation is 1. The molecule has 140 valence electrons. The Hall–Kier alpha value is -2.15. The Bertz CT molecular complexity index is 742. The largest absolute Gasteiger partial charge is 0.459 e. The first-order valence-corrected chi connectivity index (χ1v) is 9.61. The highest BCUT2D eigenvalue weighted by atomic mass is 16.5. The Morgan fingerprint density at radius 3 is 2.65 bits per heavy atom. The van der Waals surface area contributed by atoms with Crippen molar-refractivity contribution in [2.75, 3.05) is 6.61 Å². The van der Waals surface area contributed by atoms with Gasteiger partial charge in [-0.3, -0.25) is 9.78 Å². The summed E-state index contributed by atoms with van der Waals surface area (Å²) in [5, 5.41) is 11.2. The van der Waals surface area contributed by atoms with Crippen LogP contribution in [0.25, 0.3) is 11.3 Å². The lowest BCUT2D eigenvalue weighted by atomic mass is 9.95. The summed E-state index contributed by atoms with van der Waals surface area (Å²) in [6, 6.07) is 0. The second-order valence-corrected chi connectivity index (χ2v) is 7.32. The minimum Gasteiger partial charge on any atom is -0.459 e. The van der Waals surface area contributed by atoms with Gasteiger partial charge in [0, 0.05) is 24.9 Å². The number of nitrogens with one attached hydrogen (secondary N) is 1. The van der Waals surface area contributed by atoms with Crippen LogP contribution < -0.4 is 0 Å². The molecule has 2 aromatic heterocycles. The van der Waals surface area contributed by atoms with Gasteiger partial charge in [0.25, 0.3) is 0 Å². The molecule has 7 heteroatoms. The number of H-pyrrole nitrogens is 1. The molecule has 0 aliphatic heterocycles. The van der Waals surface area contributed by atoms with Crippen molar-refractivity contribution >= 4 is 5.97 Å². The van der Waals surface area contributed by atoms with Crippen molar-refractivity contribution in [3.63, 3.8) is 0 Å². The summed E-state index contributed by atoms with van der Waals surface area (Å²) < 4.78 is 13.5. The maximum absolute atomic E-state index is 12.6. The monoisotopic (exact) mass is 358 g/mol. The van der Waals surface area contributed by atoms with Gasteiger partial charge < -0.3 is 9.47 Å². The molecule has 0 atom stereocenters. The first-order valence-electron chi connectivity index (χ1n) is 9.61. The number of ether oxygens (including phenoxy) is 2. The molecule has 2 fully saturated rings. The summed E-state index contributed by atoms with van der Waals surface area (Å²) in [7, 11) is 0. The maximum Gasteiger partial charge on any atom is 0.342 e. The maximum atomic E-state index is 12.6. The average Bonchev–Trinajstić information content (AvgIpc) is 3.16. The number of hydrogen-bond acceptors (Lipinski definition) is 5. The first-order chi connectivity index (χ1) is 12.7. The molecule has 2 aliphatic rings. The van der Waals surface area contributed by atoms with Gasteiger partial charge in [-0.2, -0.15) is 10.2 Å². The molecule has 1 N–H and O–H groups in total. The van der Waals surface area contributed by atoms with E-state index in [1.54, 1.807) is 6.20 Å². The fourth-order valence-electron chi connectivity index (χ4n) is 3.41. The zero-order valence-electron chi connectivity index (χ0n) is 15.2.